The van der Waals surface area contributed by atoms with Gasteiger partial charge in [-0.15, -0.1) is 0 Å². The van der Waals surface area contributed by atoms with Crippen molar-refractivity contribution in [1.82, 2.24) is 15.5 Å². The van der Waals surface area contributed by atoms with Crippen LogP contribution in [0.3, 0.4) is 0 Å². The smallest absolute Gasteiger partial charge is 0.243 e. The fraction of sp³-hybridized carbons (Fsp3) is 0.867. The Morgan fingerprint density at radius 1 is 1.25 bits per heavy atom. The van der Waals surface area contributed by atoms with Gasteiger partial charge >= 0.3 is 0 Å². The monoisotopic (exact) mass is 279 g/mol. The molecule has 2 aliphatic rings. The Bertz CT molecular complexity index is 432. The van der Waals surface area contributed by atoms with Crippen molar-refractivity contribution in [2.75, 3.05) is 13.7 Å². The molecule has 112 valence electrons. The molecule has 2 heterocycles. The molecule has 0 amide bonds. The lowest BCUT2D eigenvalue weighted by molar-refractivity contribution is -0.0609. The molecule has 0 unspecified atom stereocenters. The fourth-order valence-corrected chi connectivity index (χ4v) is 3.37. The zero-order chi connectivity index (χ0) is 14.0. The quantitative estimate of drug-likeness (QED) is 0.921. The Balaban J connectivity index is 1.77. The molecule has 1 N–H and O–H groups in total. The molecular weight excluding hydrogens is 254 g/mol. The lowest BCUT2D eigenvalue weighted by Gasteiger charge is -2.35. The first-order chi connectivity index (χ1) is 9.73. The van der Waals surface area contributed by atoms with E-state index in [1.165, 1.54) is 25.7 Å². The largest absolute Gasteiger partial charge is 0.370 e. The maximum atomic E-state index is 5.81. The second-order valence-electron chi connectivity index (χ2n) is 6.34. The lowest BCUT2D eigenvalue weighted by Crippen LogP contribution is -2.34. The Hall–Kier alpha value is -0.940. The molecule has 1 aromatic heterocycles. The molecule has 5 nitrogen and oxygen atoms in total. The summed E-state index contributed by atoms with van der Waals surface area (Å²) in [5.74, 6) is 2.24. The summed E-state index contributed by atoms with van der Waals surface area (Å²) in [6, 6.07) is 0.224. The number of aromatic nitrogens is 2. The van der Waals surface area contributed by atoms with Crippen LogP contribution in [0.25, 0.3) is 0 Å². The number of piperidine rings is 1. The number of hydrogen-bond acceptors (Lipinski definition) is 5. The van der Waals surface area contributed by atoms with Gasteiger partial charge in [0.25, 0.3) is 0 Å². The second kappa shape index (κ2) is 5.82. The maximum absolute atomic E-state index is 5.81. The van der Waals surface area contributed by atoms with Crippen molar-refractivity contribution in [1.29, 1.82) is 0 Å². The van der Waals surface area contributed by atoms with Gasteiger partial charge in [-0.2, -0.15) is 4.98 Å². The highest BCUT2D eigenvalue weighted by atomic mass is 16.5. The van der Waals surface area contributed by atoms with E-state index in [-0.39, 0.29) is 11.6 Å². The average molecular weight is 279 g/mol. The normalized spacial score (nSPS) is 35.1. The van der Waals surface area contributed by atoms with Crippen molar-refractivity contribution in [2.45, 2.75) is 63.5 Å². The second-order valence-corrected chi connectivity index (χ2v) is 6.34. The first-order valence-corrected chi connectivity index (χ1v) is 7.86. The third-order valence-electron chi connectivity index (χ3n) is 4.93. The van der Waals surface area contributed by atoms with Crippen molar-refractivity contribution < 1.29 is 9.26 Å². The van der Waals surface area contributed by atoms with Crippen LogP contribution in [-0.2, 0) is 10.3 Å². The first kappa shape index (κ1) is 14.0. The van der Waals surface area contributed by atoms with Crippen LogP contribution >= 0.6 is 0 Å². The van der Waals surface area contributed by atoms with Gasteiger partial charge in [0.15, 0.2) is 0 Å². The Kier molecular flexibility index (Phi) is 4.08. The predicted octanol–water partition coefficient (Wildman–Crippen LogP) is 2.94. The molecular formula is C15H25N3O2. The summed E-state index contributed by atoms with van der Waals surface area (Å²) in [4.78, 5) is 4.66. The molecule has 0 spiro atoms. The van der Waals surface area contributed by atoms with Crippen molar-refractivity contribution >= 4 is 0 Å². The van der Waals surface area contributed by atoms with Crippen LogP contribution in [0.1, 0.15) is 69.6 Å². The van der Waals surface area contributed by atoms with Crippen molar-refractivity contribution in [3.63, 3.8) is 0 Å². The lowest BCUT2D eigenvalue weighted by atomic mass is 9.79. The van der Waals surface area contributed by atoms with Crippen molar-refractivity contribution in [3.05, 3.63) is 11.7 Å². The van der Waals surface area contributed by atoms with Gasteiger partial charge in [-0.3, -0.25) is 0 Å². The number of nitrogens with one attached hydrogen (secondary N) is 1. The number of nitrogens with zero attached hydrogens (tertiary/aromatic N) is 2. The molecule has 1 aliphatic heterocycles. The molecule has 1 saturated heterocycles. The van der Waals surface area contributed by atoms with E-state index < -0.39 is 0 Å². The summed E-state index contributed by atoms with van der Waals surface area (Å²) in [5, 5.41) is 7.68. The van der Waals surface area contributed by atoms with Gasteiger partial charge in [0.2, 0.25) is 11.7 Å². The maximum Gasteiger partial charge on any atom is 0.243 e. The summed E-state index contributed by atoms with van der Waals surface area (Å²) in [6.45, 7) is 3.34. The van der Waals surface area contributed by atoms with Gasteiger partial charge in [0.1, 0.15) is 5.60 Å². The molecule has 2 fully saturated rings. The minimum Gasteiger partial charge on any atom is -0.370 e. The summed E-state index contributed by atoms with van der Waals surface area (Å²) >= 11 is 0. The molecule has 5 heteroatoms. The highest BCUT2D eigenvalue weighted by Gasteiger charge is 2.40. The van der Waals surface area contributed by atoms with Crippen LogP contribution in [0, 0.1) is 5.92 Å². The van der Waals surface area contributed by atoms with Crippen LogP contribution in [0.5, 0.6) is 0 Å². The van der Waals surface area contributed by atoms with E-state index in [0.29, 0.717) is 0 Å². The molecule has 0 aromatic carbocycles. The van der Waals surface area contributed by atoms with Crippen LogP contribution in [0.2, 0.25) is 0 Å². The van der Waals surface area contributed by atoms with E-state index in [4.69, 9.17) is 9.26 Å². The van der Waals surface area contributed by atoms with Crippen molar-refractivity contribution in [3.8, 4) is 0 Å². The predicted molar refractivity (Wildman–Crippen MR) is 75.2 cm³/mol. The average Bonchev–Trinajstić information content (AvgIpc) is 3.00. The zero-order valence-electron chi connectivity index (χ0n) is 12.5. The van der Waals surface area contributed by atoms with Gasteiger partial charge < -0.3 is 14.6 Å². The SMILES string of the molecule is COC1(c2noc([C@H]3CCCCN3)n2)CCC(C)CC1. The van der Waals surface area contributed by atoms with E-state index in [1.807, 2.05) is 0 Å². The topological polar surface area (TPSA) is 60.2 Å². The number of rotatable bonds is 3. The van der Waals surface area contributed by atoms with E-state index in [1.54, 1.807) is 7.11 Å². The van der Waals surface area contributed by atoms with E-state index in [9.17, 15) is 0 Å². The number of methoxy groups -OCH3 is 1. The highest BCUT2D eigenvalue weighted by molar-refractivity contribution is 5.05. The fourth-order valence-electron chi connectivity index (χ4n) is 3.37. The van der Waals surface area contributed by atoms with Gasteiger partial charge in [-0.05, 0) is 51.0 Å². The number of hydrogen-bond donors (Lipinski definition) is 1. The Labute approximate surface area is 120 Å². The molecule has 1 atom stereocenters. The molecule has 3 rings (SSSR count). The Morgan fingerprint density at radius 3 is 2.70 bits per heavy atom. The van der Waals surface area contributed by atoms with Crippen LogP contribution in [0.4, 0.5) is 0 Å². The minimum atomic E-state index is -0.330. The molecule has 0 radical (unpaired) electrons. The highest BCUT2D eigenvalue weighted by Crippen LogP contribution is 2.41. The van der Waals surface area contributed by atoms with Crippen LogP contribution in [0.15, 0.2) is 4.52 Å². The summed E-state index contributed by atoms with van der Waals surface area (Å²) in [5.41, 5.74) is -0.330. The third-order valence-corrected chi connectivity index (χ3v) is 4.93. The summed E-state index contributed by atoms with van der Waals surface area (Å²) < 4.78 is 11.3. The molecule has 1 aliphatic carbocycles. The zero-order valence-corrected chi connectivity index (χ0v) is 12.5. The summed E-state index contributed by atoms with van der Waals surface area (Å²) in [6.07, 6.45) is 7.85. The summed E-state index contributed by atoms with van der Waals surface area (Å²) in [7, 11) is 1.77. The van der Waals surface area contributed by atoms with E-state index >= 15 is 0 Å². The minimum absolute atomic E-state index is 0.224. The van der Waals surface area contributed by atoms with Gasteiger partial charge in [0.05, 0.1) is 6.04 Å². The van der Waals surface area contributed by atoms with E-state index in [0.717, 1.165) is 43.4 Å². The molecule has 0 bridgehead atoms. The van der Waals surface area contributed by atoms with Crippen LogP contribution < -0.4 is 5.32 Å². The van der Waals surface area contributed by atoms with Gasteiger partial charge in [-0.1, -0.05) is 18.5 Å². The van der Waals surface area contributed by atoms with Gasteiger partial charge in [-0.25, -0.2) is 0 Å². The first-order valence-electron chi connectivity index (χ1n) is 7.86. The van der Waals surface area contributed by atoms with Crippen molar-refractivity contribution in [2.24, 2.45) is 5.92 Å². The molecule has 20 heavy (non-hydrogen) atoms. The Morgan fingerprint density at radius 2 is 2.05 bits per heavy atom. The van der Waals surface area contributed by atoms with Crippen LogP contribution in [-0.4, -0.2) is 23.8 Å². The third kappa shape index (κ3) is 2.61. The van der Waals surface area contributed by atoms with Gasteiger partial charge in [0, 0.05) is 7.11 Å². The number of ether oxygens (including phenoxy) is 1. The molecule has 1 aromatic rings. The standard InChI is InChI=1S/C15H25N3O2/c1-11-6-8-15(19-2,9-7-11)14-17-13(20-18-14)12-5-3-4-10-16-12/h11-12,16H,3-10H2,1-2H3/t11?,12-,15?/m1/s1. The molecule has 1 saturated carbocycles. The van der Waals surface area contributed by atoms with E-state index in [2.05, 4.69) is 22.4 Å².